The molecular weight excluding hydrogens is 350 g/mol. The highest BCUT2D eigenvalue weighted by molar-refractivity contribution is 5.76. The third kappa shape index (κ3) is 6.66. The molecule has 5 nitrogen and oxygen atoms in total. The minimum atomic E-state index is 0.0511. The fourth-order valence-electron chi connectivity index (χ4n) is 3.44. The third-order valence-electron chi connectivity index (χ3n) is 5.22. The van der Waals surface area contributed by atoms with Crippen molar-refractivity contribution < 1.29 is 9.53 Å². The lowest BCUT2D eigenvalue weighted by molar-refractivity contribution is -0.122. The first-order valence-electron chi connectivity index (χ1n) is 10.2. The molecule has 3 rings (SSSR count). The Kier molecular flexibility index (Phi) is 7.88. The Morgan fingerprint density at radius 1 is 0.929 bits per heavy atom. The van der Waals surface area contributed by atoms with E-state index in [2.05, 4.69) is 15.1 Å². The quantitative estimate of drug-likeness (QED) is 0.725. The summed E-state index contributed by atoms with van der Waals surface area (Å²) in [6.45, 7) is 8.58. The van der Waals surface area contributed by atoms with E-state index >= 15 is 0 Å². The van der Waals surface area contributed by atoms with Crippen molar-refractivity contribution in [3.05, 3.63) is 66.2 Å². The molecule has 2 aromatic carbocycles. The molecule has 1 saturated heterocycles. The van der Waals surface area contributed by atoms with Gasteiger partial charge >= 0.3 is 0 Å². The number of nitrogens with one attached hydrogen (secondary N) is 1. The molecule has 150 valence electrons. The Bertz CT molecular complexity index is 700. The second-order valence-corrected chi connectivity index (χ2v) is 7.29. The predicted octanol–water partition coefficient (Wildman–Crippen LogP) is 2.95. The fourth-order valence-corrected chi connectivity index (χ4v) is 3.44. The number of hydrogen-bond acceptors (Lipinski definition) is 4. The van der Waals surface area contributed by atoms with Gasteiger partial charge in [0.05, 0.1) is 6.04 Å². The van der Waals surface area contributed by atoms with Crippen molar-refractivity contribution in [2.24, 2.45) is 0 Å². The van der Waals surface area contributed by atoms with Crippen molar-refractivity contribution in [3.63, 3.8) is 0 Å². The average Bonchev–Trinajstić information content (AvgIpc) is 2.74. The first kappa shape index (κ1) is 20.4. The van der Waals surface area contributed by atoms with Crippen LogP contribution in [0.15, 0.2) is 60.7 Å². The van der Waals surface area contributed by atoms with E-state index in [4.69, 9.17) is 4.74 Å². The molecule has 5 heteroatoms. The van der Waals surface area contributed by atoms with E-state index in [1.807, 2.05) is 67.6 Å². The zero-order chi connectivity index (χ0) is 19.6. The van der Waals surface area contributed by atoms with Crippen LogP contribution < -0.4 is 10.1 Å². The first-order chi connectivity index (χ1) is 13.7. The summed E-state index contributed by atoms with van der Waals surface area (Å²) in [5.74, 6) is 1.05. The average molecular weight is 382 g/mol. The van der Waals surface area contributed by atoms with Gasteiger partial charge in [-0.25, -0.2) is 0 Å². The van der Waals surface area contributed by atoms with E-state index in [1.165, 1.54) is 0 Å². The van der Waals surface area contributed by atoms with E-state index in [9.17, 15) is 4.79 Å². The highest BCUT2D eigenvalue weighted by atomic mass is 16.5. The van der Waals surface area contributed by atoms with Crippen LogP contribution in [0.5, 0.6) is 5.75 Å². The van der Waals surface area contributed by atoms with Crippen LogP contribution in [0.25, 0.3) is 0 Å². The molecule has 1 aliphatic heterocycles. The number of piperazine rings is 1. The Labute approximate surface area is 168 Å². The standard InChI is InChI=1S/C23H31N3O2/c1-20(21-8-4-2-5-9-21)24-23(27)12-13-25-14-16-26(17-15-25)18-19-28-22-10-6-3-7-11-22/h2-11,20H,12-19H2,1H3,(H,24,27)/t20-/m0/s1. The van der Waals surface area contributed by atoms with Gasteiger partial charge < -0.3 is 15.0 Å². The molecule has 0 aromatic heterocycles. The Morgan fingerprint density at radius 2 is 1.50 bits per heavy atom. The summed E-state index contributed by atoms with van der Waals surface area (Å²) >= 11 is 0. The Hall–Kier alpha value is -2.37. The molecule has 1 fully saturated rings. The molecule has 1 atom stereocenters. The van der Waals surface area contributed by atoms with Gasteiger partial charge in [0.15, 0.2) is 0 Å². The third-order valence-corrected chi connectivity index (χ3v) is 5.22. The number of hydrogen-bond donors (Lipinski definition) is 1. The number of amides is 1. The zero-order valence-corrected chi connectivity index (χ0v) is 16.7. The van der Waals surface area contributed by atoms with Crippen molar-refractivity contribution in [1.29, 1.82) is 0 Å². The summed E-state index contributed by atoms with van der Waals surface area (Å²) in [6.07, 6.45) is 0.550. The van der Waals surface area contributed by atoms with Crippen LogP contribution in [0.3, 0.4) is 0 Å². The minimum Gasteiger partial charge on any atom is -0.492 e. The van der Waals surface area contributed by atoms with Crippen LogP contribution in [0, 0.1) is 0 Å². The SMILES string of the molecule is C[C@H](NC(=O)CCN1CCN(CCOc2ccccc2)CC1)c1ccccc1. The van der Waals surface area contributed by atoms with Gasteiger partial charge in [0.25, 0.3) is 0 Å². The van der Waals surface area contributed by atoms with E-state index in [1.54, 1.807) is 0 Å². The molecule has 1 aliphatic rings. The van der Waals surface area contributed by atoms with Crippen molar-refractivity contribution in [1.82, 2.24) is 15.1 Å². The monoisotopic (exact) mass is 381 g/mol. The van der Waals surface area contributed by atoms with E-state index in [0.717, 1.165) is 50.6 Å². The number of rotatable bonds is 9. The van der Waals surface area contributed by atoms with Gasteiger partial charge in [-0.2, -0.15) is 0 Å². The van der Waals surface area contributed by atoms with Crippen LogP contribution >= 0.6 is 0 Å². The number of benzene rings is 2. The van der Waals surface area contributed by atoms with Gasteiger partial charge in [-0.05, 0) is 24.6 Å². The highest BCUT2D eigenvalue weighted by Gasteiger charge is 2.18. The van der Waals surface area contributed by atoms with E-state index in [-0.39, 0.29) is 11.9 Å². The van der Waals surface area contributed by atoms with Gasteiger partial charge in [-0.15, -0.1) is 0 Å². The number of ether oxygens (including phenoxy) is 1. The molecular formula is C23H31N3O2. The summed E-state index contributed by atoms with van der Waals surface area (Å²) < 4.78 is 5.78. The van der Waals surface area contributed by atoms with Gasteiger partial charge in [0, 0.05) is 45.7 Å². The molecule has 0 spiro atoms. The topological polar surface area (TPSA) is 44.8 Å². The van der Waals surface area contributed by atoms with Gasteiger partial charge in [0.1, 0.15) is 12.4 Å². The maximum atomic E-state index is 12.2. The molecule has 28 heavy (non-hydrogen) atoms. The second-order valence-electron chi connectivity index (χ2n) is 7.29. The number of carbonyl (C=O) groups is 1. The molecule has 1 N–H and O–H groups in total. The smallest absolute Gasteiger partial charge is 0.221 e. The summed E-state index contributed by atoms with van der Waals surface area (Å²) in [7, 11) is 0. The van der Waals surface area contributed by atoms with Crippen LogP contribution in [-0.4, -0.2) is 61.6 Å². The van der Waals surface area contributed by atoms with Crippen molar-refractivity contribution >= 4 is 5.91 Å². The van der Waals surface area contributed by atoms with Gasteiger partial charge in [-0.3, -0.25) is 9.69 Å². The second kappa shape index (κ2) is 10.8. The van der Waals surface area contributed by atoms with Crippen LogP contribution in [0.4, 0.5) is 0 Å². The minimum absolute atomic E-state index is 0.0511. The number of para-hydroxylation sites is 1. The normalized spacial score (nSPS) is 16.5. The molecule has 0 aliphatic carbocycles. The van der Waals surface area contributed by atoms with Gasteiger partial charge in [-0.1, -0.05) is 48.5 Å². The first-order valence-corrected chi connectivity index (χ1v) is 10.2. The lowest BCUT2D eigenvalue weighted by Gasteiger charge is -2.34. The molecule has 0 bridgehead atoms. The molecule has 0 saturated carbocycles. The van der Waals surface area contributed by atoms with Crippen molar-refractivity contribution in [3.8, 4) is 5.75 Å². The summed E-state index contributed by atoms with van der Waals surface area (Å²) in [4.78, 5) is 17.0. The Balaban J connectivity index is 1.28. The van der Waals surface area contributed by atoms with Crippen LogP contribution in [0.2, 0.25) is 0 Å². The zero-order valence-electron chi connectivity index (χ0n) is 16.7. The fraction of sp³-hybridized carbons (Fsp3) is 0.435. The van der Waals surface area contributed by atoms with Crippen molar-refractivity contribution in [2.75, 3.05) is 45.9 Å². The molecule has 0 unspecified atom stereocenters. The summed E-state index contributed by atoms with van der Waals surface area (Å²) in [6, 6.07) is 20.1. The highest BCUT2D eigenvalue weighted by Crippen LogP contribution is 2.12. The molecule has 1 heterocycles. The molecule has 2 aromatic rings. The maximum absolute atomic E-state index is 12.2. The molecule has 0 radical (unpaired) electrons. The molecule has 1 amide bonds. The van der Waals surface area contributed by atoms with Crippen LogP contribution in [0.1, 0.15) is 24.9 Å². The lowest BCUT2D eigenvalue weighted by atomic mass is 10.1. The van der Waals surface area contributed by atoms with Gasteiger partial charge in [0.2, 0.25) is 5.91 Å². The number of carbonyl (C=O) groups excluding carboxylic acids is 1. The predicted molar refractivity (Wildman–Crippen MR) is 112 cm³/mol. The van der Waals surface area contributed by atoms with E-state index < -0.39 is 0 Å². The van der Waals surface area contributed by atoms with Crippen molar-refractivity contribution in [2.45, 2.75) is 19.4 Å². The lowest BCUT2D eigenvalue weighted by Crippen LogP contribution is -2.48. The summed E-state index contributed by atoms with van der Waals surface area (Å²) in [5, 5.41) is 3.10. The maximum Gasteiger partial charge on any atom is 0.221 e. The largest absolute Gasteiger partial charge is 0.492 e. The van der Waals surface area contributed by atoms with E-state index in [0.29, 0.717) is 13.0 Å². The Morgan fingerprint density at radius 3 is 2.14 bits per heavy atom. The van der Waals surface area contributed by atoms with Crippen LogP contribution in [-0.2, 0) is 4.79 Å². The number of nitrogens with zero attached hydrogens (tertiary/aromatic N) is 2. The summed E-state index contributed by atoms with van der Waals surface area (Å²) in [5.41, 5.74) is 1.14.